The van der Waals surface area contributed by atoms with E-state index in [1.807, 2.05) is 11.8 Å². The van der Waals surface area contributed by atoms with E-state index in [0.717, 1.165) is 24.7 Å². The van der Waals surface area contributed by atoms with Crippen LogP contribution >= 0.6 is 0 Å². The second kappa shape index (κ2) is 6.50. The highest BCUT2D eigenvalue weighted by molar-refractivity contribution is 7.88. The van der Waals surface area contributed by atoms with Crippen LogP contribution in [0, 0.1) is 12.3 Å². The molecule has 0 bridgehead atoms. The molecular weight excluding hydrogens is 332 g/mol. The first-order valence-corrected chi connectivity index (χ1v) is 10.1. The number of likely N-dealkylation sites (tertiary alicyclic amines) is 1. The molecule has 2 aliphatic rings. The Morgan fingerprint density at radius 3 is 2.96 bits per heavy atom. The number of nitrogens with zero attached hydrogens (tertiary/aromatic N) is 1. The van der Waals surface area contributed by atoms with Gasteiger partial charge < -0.3 is 14.1 Å². The van der Waals surface area contributed by atoms with Gasteiger partial charge in [0.2, 0.25) is 10.0 Å². The molecule has 1 N–H and O–H groups in total. The third-order valence-electron chi connectivity index (χ3n) is 5.10. The summed E-state index contributed by atoms with van der Waals surface area (Å²) in [6, 6.07) is 1.78. The van der Waals surface area contributed by atoms with E-state index in [0.29, 0.717) is 38.4 Å². The van der Waals surface area contributed by atoms with Crippen molar-refractivity contribution in [3.8, 4) is 0 Å². The number of hydrogen-bond donors (Lipinski definition) is 1. The summed E-state index contributed by atoms with van der Waals surface area (Å²) in [7, 11) is -3.21. The Morgan fingerprint density at radius 2 is 2.29 bits per heavy atom. The van der Waals surface area contributed by atoms with Gasteiger partial charge in [0.25, 0.3) is 5.91 Å². The maximum absolute atomic E-state index is 12.7. The van der Waals surface area contributed by atoms with Crippen molar-refractivity contribution in [3.63, 3.8) is 0 Å². The standard InChI is InChI=1S/C16H24N2O5S/c1-12-4-9-23-14(12)15(19)18-8-3-13-16(11-18,6-10-22-13)5-7-17-24(2,20)21/h4,9,13,17H,3,5-8,10-11H2,1-2H3/t13-,16+/m1/s1. The SMILES string of the molecule is Cc1ccoc1C(=O)N1CC[C@H]2OCC[C@@]2(CCNS(C)(=O)=O)C1. The van der Waals surface area contributed by atoms with Crippen molar-refractivity contribution in [2.75, 3.05) is 32.5 Å². The van der Waals surface area contributed by atoms with E-state index in [2.05, 4.69) is 4.72 Å². The average Bonchev–Trinajstić information content (AvgIpc) is 3.10. The summed E-state index contributed by atoms with van der Waals surface area (Å²) in [5.41, 5.74) is 0.643. The third kappa shape index (κ3) is 3.50. The van der Waals surface area contributed by atoms with Gasteiger partial charge in [0.05, 0.1) is 18.6 Å². The summed E-state index contributed by atoms with van der Waals surface area (Å²) in [6.07, 6.45) is 5.03. The van der Waals surface area contributed by atoms with Crippen LogP contribution in [0.15, 0.2) is 16.7 Å². The maximum Gasteiger partial charge on any atom is 0.289 e. The van der Waals surface area contributed by atoms with Gasteiger partial charge in [-0.05, 0) is 32.3 Å². The highest BCUT2D eigenvalue weighted by atomic mass is 32.2. The van der Waals surface area contributed by atoms with Crippen LogP contribution in [-0.4, -0.2) is 57.8 Å². The van der Waals surface area contributed by atoms with Crippen molar-refractivity contribution in [3.05, 3.63) is 23.7 Å². The van der Waals surface area contributed by atoms with E-state index in [4.69, 9.17) is 9.15 Å². The van der Waals surface area contributed by atoms with Crippen molar-refractivity contribution in [2.45, 2.75) is 32.3 Å². The van der Waals surface area contributed by atoms with Crippen molar-refractivity contribution in [1.29, 1.82) is 0 Å². The number of sulfonamides is 1. The number of nitrogens with one attached hydrogen (secondary N) is 1. The maximum atomic E-state index is 12.7. The number of piperidine rings is 1. The largest absolute Gasteiger partial charge is 0.459 e. The number of furan rings is 1. The summed E-state index contributed by atoms with van der Waals surface area (Å²) in [5.74, 6) is 0.287. The van der Waals surface area contributed by atoms with Gasteiger partial charge in [-0.2, -0.15) is 0 Å². The molecular formula is C16H24N2O5S. The smallest absolute Gasteiger partial charge is 0.289 e. The summed E-state index contributed by atoms with van der Waals surface area (Å²) in [5, 5.41) is 0. The quantitative estimate of drug-likeness (QED) is 0.855. The lowest BCUT2D eigenvalue weighted by Crippen LogP contribution is -2.52. The molecule has 0 radical (unpaired) electrons. The Bertz CT molecular complexity index is 714. The molecule has 3 rings (SSSR count). The first kappa shape index (κ1) is 17.4. The fraction of sp³-hybridized carbons (Fsp3) is 0.688. The first-order chi connectivity index (χ1) is 11.3. The molecule has 0 saturated carbocycles. The van der Waals surface area contributed by atoms with Gasteiger partial charge >= 0.3 is 0 Å². The number of hydrogen-bond acceptors (Lipinski definition) is 5. The Labute approximate surface area is 142 Å². The van der Waals surface area contributed by atoms with Gasteiger partial charge in [-0.1, -0.05) is 0 Å². The molecule has 0 spiro atoms. The van der Waals surface area contributed by atoms with Gasteiger partial charge in [-0.25, -0.2) is 13.1 Å². The second-order valence-corrected chi connectivity index (χ2v) is 8.67. The molecule has 7 nitrogen and oxygen atoms in total. The summed E-state index contributed by atoms with van der Waals surface area (Å²) >= 11 is 0. The number of carbonyl (C=O) groups is 1. The Balaban J connectivity index is 1.72. The van der Waals surface area contributed by atoms with Gasteiger partial charge in [0.1, 0.15) is 0 Å². The topological polar surface area (TPSA) is 88.8 Å². The molecule has 2 aliphatic heterocycles. The first-order valence-electron chi connectivity index (χ1n) is 8.20. The lowest BCUT2D eigenvalue weighted by Gasteiger charge is -2.43. The number of rotatable bonds is 5. The summed E-state index contributed by atoms with van der Waals surface area (Å²) in [6.45, 7) is 4.08. The molecule has 24 heavy (non-hydrogen) atoms. The summed E-state index contributed by atoms with van der Waals surface area (Å²) < 4.78 is 36.4. The molecule has 1 amide bonds. The van der Waals surface area contributed by atoms with Gasteiger partial charge in [-0.15, -0.1) is 0 Å². The van der Waals surface area contributed by atoms with Crippen LogP contribution < -0.4 is 4.72 Å². The highest BCUT2D eigenvalue weighted by Gasteiger charge is 2.48. The molecule has 1 aromatic heterocycles. The van der Waals surface area contributed by atoms with Gasteiger partial charge in [0.15, 0.2) is 5.76 Å². The molecule has 8 heteroatoms. The predicted octanol–water partition coefficient (Wildman–Crippen LogP) is 1.15. The minimum Gasteiger partial charge on any atom is -0.459 e. The van der Waals surface area contributed by atoms with Crippen LogP contribution in [0.1, 0.15) is 35.4 Å². The van der Waals surface area contributed by atoms with Crippen LogP contribution in [0.2, 0.25) is 0 Å². The highest BCUT2D eigenvalue weighted by Crippen LogP contribution is 2.43. The lowest BCUT2D eigenvalue weighted by molar-refractivity contribution is -0.0167. The number of fused-ring (bicyclic) bond motifs is 1. The van der Waals surface area contributed by atoms with Crippen molar-refractivity contribution < 1.29 is 22.4 Å². The van der Waals surface area contributed by atoms with Gasteiger partial charge in [-0.3, -0.25) is 4.79 Å². The van der Waals surface area contributed by atoms with E-state index in [-0.39, 0.29) is 17.4 Å². The van der Waals surface area contributed by atoms with E-state index < -0.39 is 10.0 Å². The van der Waals surface area contributed by atoms with Gasteiger partial charge in [0, 0.05) is 37.2 Å². The van der Waals surface area contributed by atoms with Crippen LogP contribution in [-0.2, 0) is 14.8 Å². The minimum absolute atomic E-state index is 0.0839. The molecule has 1 aromatic rings. The molecule has 134 valence electrons. The zero-order chi connectivity index (χ0) is 17.4. The zero-order valence-corrected chi connectivity index (χ0v) is 14.9. The Morgan fingerprint density at radius 1 is 1.50 bits per heavy atom. The zero-order valence-electron chi connectivity index (χ0n) is 14.1. The van der Waals surface area contributed by atoms with E-state index in [1.165, 1.54) is 6.26 Å². The van der Waals surface area contributed by atoms with Crippen LogP contribution in [0.5, 0.6) is 0 Å². The van der Waals surface area contributed by atoms with Crippen LogP contribution in [0.3, 0.4) is 0 Å². The molecule has 2 fully saturated rings. The lowest BCUT2D eigenvalue weighted by atomic mass is 9.74. The molecule has 0 unspecified atom stereocenters. The van der Waals surface area contributed by atoms with Crippen molar-refractivity contribution in [2.24, 2.45) is 5.41 Å². The number of ether oxygens (including phenoxy) is 1. The van der Waals surface area contributed by atoms with Crippen molar-refractivity contribution in [1.82, 2.24) is 9.62 Å². The summed E-state index contributed by atoms with van der Waals surface area (Å²) in [4.78, 5) is 14.5. The van der Waals surface area contributed by atoms with Crippen LogP contribution in [0.4, 0.5) is 0 Å². The van der Waals surface area contributed by atoms with Crippen molar-refractivity contribution >= 4 is 15.9 Å². The normalized spacial score (nSPS) is 27.2. The number of carbonyl (C=O) groups excluding carboxylic acids is 1. The fourth-order valence-corrected chi connectivity index (χ4v) is 4.28. The molecule has 3 heterocycles. The Hall–Kier alpha value is -1.38. The van der Waals surface area contributed by atoms with E-state index in [1.54, 1.807) is 6.07 Å². The van der Waals surface area contributed by atoms with E-state index >= 15 is 0 Å². The number of amides is 1. The predicted molar refractivity (Wildman–Crippen MR) is 88.2 cm³/mol. The van der Waals surface area contributed by atoms with E-state index in [9.17, 15) is 13.2 Å². The Kier molecular flexibility index (Phi) is 4.72. The molecule has 2 saturated heterocycles. The molecule has 2 atom stereocenters. The molecule has 0 aliphatic carbocycles. The van der Waals surface area contributed by atoms with Crippen LogP contribution in [0.25, 0.3) is 0 Å². The average molecular weight is 356 g/mol. The molecule has 0 aromatic carbocycles. The fourth-order valence-electron chi connectivity index (χ4n) is 3.80. The second-order valence-electron chi connectivity index (χ2n) is 6.84. The minimum atomic E-state index is -3.21. The number of aryl methyl sites for hydroxylation is 1. The monoisotopic (exact) mass is 356 g/mol. The third-order valence-corrected chi connectivity index (χ3v) is 5.83.